The number of rotatable bonds is 13. The molecule has 0 amide bonds. The summed E-state index contributed by atoms with van der Waals surface area (Å²) in [6.45, 7) is 7.56. The first-order chi connectivity index (χ1) is 13.2. The van der Waals surface area contributed by atoms with E-state index in [2.05, 4.69) is 43.2 Å². The Morgan fingerprint density at radius 3 is 1.93 bits per heavy atom. The number of methoxy groups -OCH3 is 1. The van der Waals surface area contributed by atoms with E-state index in [1.807, 2.05) is 12.1 Å². The molecule has 2 aromatic rings. The van der Waals surface area contributed by atoms with Crippen molar-refractivity contribution in [2.45, 2.75) is 79.2 Å². The predicted octanol–water partition coefficient (Wildman–Crippen LogP) is 4.79. The zero-order valence-electron chi connectivity index (χ0n) is 17.6. The standard InChI is InChI=1S/C9H9N4O.3C4H9.Sn/c1-14-9-4-2-8(3-5-9)6-13-11-7-10-12-13;3*1-3-4-2;/h2-5H,6H2,1H3;3*1,3-4H2,2H3;. The van der Waals surface area contributed by atoms with Gasteiger partial charge in [-0.15, -0.1) is 0 Å². The van der Waals surface area contributed by atoms with Gasteiger partial charge in [0.25, 0.3) is 0 Å². The molecule has 0 saturated heterocycles. The molecule has 0 aliphatic rings. The fourth-order valence-corrected chi connectivity index (χ4v) is 18.2. The molecule has 0 fully saturated rings. The topological polar surface area (TPSA) is 52.8 Å². The van der Waals surface area contributed by atoms with Crippen LogP contribution in [-0.2, 0) is 6.54 Å². The summed E-state index contributed by atoms with van der Waals surface area (Å²) in [6.07, 6.45) is 7.73. The van der Waals surface area contributed by atoms with Crippen LogP contribution in [-0.4, -0.2) is 45.7 Å². The van der Waals surface area contributed by atoms with Crippen LogP contribution in [0.2, 0.25) is 13.3 Å². The van der Waals surface area contributed by atoms with Crippen molar-refractivity contribution in [1.29, 1.82) is 0 Å². The molecule has 0 aliphatic carbocycles. The molecule has 1 heterocycles. The second kappa shape index (κ2) is 11.7. The summed E-state index contributed by atoms with van der Waals surface area (Å²) < 4.78 is 10.5. The summed E-state index contributed by atoms with van der Waals surface area (Å²) in [7, 11) is 1.69. The fraction of sp³-hybridized carbons (Fsp3) is 0.667. The Kier molecular flexibility index (Phi) is 9.59. The fourth-order valence-electron chi connectivity index (χ4n) is 3.67. The van der Waals surface area contributed by atoms with Crippen LogP contribution in [0.4, 0.5) is 0 Å². The Morgan fingerprint density at radius 2 is 1.44 bits per heavy atom. The van der Waals surface area contributed by atoms with Gasteiger partial charge in [-0.3, -0.25) is 0 Å². The molecule has 5 nitrogen and oxygen atoms in total. The third-order valence-electron chi connectivity index (χ3n) is 5.44. The van der Waals surface area contributed by atoms with Crippen molar-refractivity contribution in [2.75, 3.05) is 7.11 Å². The maximum atomic E-state index is 5.24. The third kappa shape index (κ3) is 6.47. The van der Waals surface area contributed by atoms with Crippen molar-refractivity contribution in [3.63, 3.8) is 0 Å². The number of hydrogen-bond donors (Lipinski definition) is 0. The minimum atomic E-state index is -2.57. The van der Waals surface area contributed by atoms with Gasteiger partial charge in [0, 0.05) is 0 Å². The molecule has 0 saturated carbocycles. The van der Waals surface area contributed by atoms with Crippen LogP contribution in [0.3, 0.4) is 0 Å². The van der Waals surface area contributed by atoms with Crippen molar-refractivity contribution in [3.8, 4) is 5.75 Å². The van der Waals surface area contributed by atoms with E-state index >= 15 is 0 Å². The SMILES string of the molecule is CCC[CH2][Sn]([CH2]CCC)([CH2]CCC)[c]1nnn(Cc2ccc(OC)cc2)n1. The van der Waals surface area contributed by atoms with Gasteiger partial charge in [-0.25, -0.2) is 0 Å². The summed E-state index contributed by atoms with van der Waals surface area (Å²) in [5.41, 5.74) is 1.18. The van der Waals surface area contributed by atoms with Crippen LogP contribution in [0.5, 0.6) is 5.75 Å². The van der Waals surface area contributed by atoms with Gasteiger partial charge in [0.05, 0.1) is 0 Å². The number of aromatic nitrogens is 4. The zero-order valence-corrected chi connectivity index (χ0v) is 20.4. The Hall–Kier alpha value is -1.11. The van der Waals surface area contributed by atoms with E-state index < -0.39 is 18.4 Å². The summed E-state index contributed by atoms with van der Waals surface area (Å²) >= 11 is -2.57. The minimum absolute atomic E-state index is 0.675. The summed E-state index contributed by atoms with van der Waals surface area (Å²) in [6, 6.07) is 8.12. The molecule has 1 aromatic carbocycles. The van der Waals surface area contributed by atoms with Crippen LogP contribution in [0.1, 0.15) is 64.9 Å². The second-order valence-electron chi connectivity index (χ2n) is 7.58. The quantitative estimate of drug-likeness (QED) is 0.388. The van der Waals surface area contributed by atoms with Crippen molar-refractivity contribution < 1.29 is 4.74 Å². The number of ether oxygens (including phenoxy) is 1. The van der Waals surface area contributed by atoms with Crippen molar-refractivity contribution in [3.05, 3.63) is 29.8 Å². The number of hydrogen-bond acceptors (Lipinski definition) is 4. The van der Waals surface area contributed by atoms with Gasteiger partial charge in [-0.2, -0.15) is 0 Å². The molecule has 150 valence electrons. The van der Waals surface area contributed by atoms with Gasteiger partial charge < -0.3 is 0 Å². The van der Waals surface area contributed by atoms with Crippen LogP contribution < -0.4 is 8.58 Å². The van der Waals surface area contributed by atoms with Crippen LogP contribution in [0.25, 0.3) is 0 Å². The van der Waals surface area contributed by atoms with Gasteiger partial charge in [0.1, 0.15) is 0 Å². The van der Waals surface area contributed by atoms with E-state index in [9.17, 15) is 0 Å². The molecule has 0 bridgehead atoms. The molecule has 0 radical (unpaired) electrons. The number of nitrogens with zero attached hydrogens (tertiary/aromatic N) is 4. The molecule has 27 heavy (non-hydrogen) atoms. The summed E-state index contributed by atoms with van der Waals surface area (Å²) in [5.74, 6) is 0.875. The average Bonchev–Trinajstić information content (AvgIpc) is 3.17. The van der Waals surface area contributed by atoms with E-state index in [1.54, 1.807) is 11.9 Å². The normalized spacial score (nSPS) is 11.7. The predicted molar refractivity (Wildman–Crippen MR) is 114 cm³/mol. The number of unbranched alkanes of at least 4 members (excludes halogenated alkanes) is 3. The zero-order chi connectivity index (χ0) is 19.5. The van der Waals surface area contributed by atoms with E-state index in [4.69, 9.17) is 9.84 Å². The number of tetrazole rings is 1. The Morgan fingerprint density at radius 1 is 0.889 bits per heavy atom. The van der Waals surface area contributed by atoms with E-state index in [0.717, 1.165) is 9.59 Å². The van der Waals surface area contributed by atoms with Gasteiger partial charge in [0.15, 0.2) is 0 Å². The molecule has 0 spiro atoms. The number of benzene rings is 1. The van der Waals surface area contributed by atoms with Gasteiger partial charge in [0.2, 0.25) is 0 Å². The Bertz CT molecular complexity index is 635. The average molecular weight is 479 g/mol. The van der Waals surface area contributed by atoms with Crippen molar-refractivity contribution in [2.24, 2.45) is 0 Å². The molecule has 2 rings (SSSR count). The van der Waals surface area contributed by atoms with Gasteiger partial charge >= 0.3 is 169 Å². The maximum absolute atomic E-state index is 5.24. The molecule has 6 heteroatoms. The monoisotopic (exact) mass is 480 g/mol. The Balaban J connectivity index is 2.20. The first kappa shape index (κ1) is 22.2. The van der Waals surface area contributed by atoms with E-state index in [1.165, 1.54) is 57.4 Å². The van der Waals surface area contributed by atoms with Crippen LogP contribution in [0, 0.1) is 0 Å². The first-order valence-electron chi connectivity index (χ1n) is 10.6. The van der Waals surface area contributed by atoms with E-state index in [-0.39, 0.29) is 0 Å². The van der Waals surface area contributed by atoms with Crippen LogP contribution in [0.15, 0.2) is 24.3 Å². The Labute approximate surface area is 168 Å². The van der Waals surface area contributed by atoms with E-state index in [0.29, 0.717) is 6.54 Å². The summed E-state index contributed by atoms with van der Waals surface area (Å²) in [5, 5.41) is 14.0. The van der Waals surface area contributed by atoms with Crippen molar-refractivity contribution in [1.82, 2.24) is 20.2 Å². The second-order valence-corrected chi connectivity index (χ2v) is 20.4. The molecule has 0 aliphatic heterocycles. The van der Waals surface area contributed by atoms with Gasteiger partial charge in [-0.1, -0.05) is 0 Å². The van der Waals surface area contributed by atoms with Gasteiger partial charge in [-0.05, 0) is 0 Å². The molecular weight excluding hydrogens is 443 g/mol. The molecule has 0 unspecified atom stereocenters. The third-order valence-corrected chi connectivity index (χ3v) is 19.9. The molecule has 1 aromatic heterocycles. The molecule has 0 atom stereocenters. The molecule has 0 N–H and O–H groups in total. The molecular formula is C21H36N4OSn. The summed E-state index contributed by atoms with van der Waals surface area (Å²) in [4.78, 5) is 1.80. The first-order valence-corrected chi connectivity index (χ1v) is 18.1. The van der Waals surface area contributed by atoms with Crippen LogP contribution >= 0.6 is 0 Å². The van der Waals surface area contributed by atoms with Crippen molar-refractivity contribution >= 4 is 22.2 Å².